The molecule has 8 nitrogen and oxygen atoms in total. The van der Waals surface area contributed by atoms with Gasteiger partial charge in [0.2, 0.25) is 0 Å². The fourth-order valence-electron chi connectivity index (χ4n) is 4.00. The Kier molecular flexibility index (Phi) is 6.37. The SMILES string of the molecule is O=C(COC(=O)c1ccc2c(=O)n3c(nc2c1)CCCCC3)Nc1nc(-c2ccc(F)cc2)cs1. The number of hydrogen-bond donors (Lipinski definition) is 1. The summed E-state index contributed by atoms with van der Waals surface area (Å²) in [6, 6.07) is 10.5. The van der Waals surface area contributed by atoms with Crippen molar-refractivity contribution in [2.24, 2.45) is 0 Å². The first-order valence-corrected chi connectivity index (χ1v) is 12.1. The number of rotatable bonds is 5. The number of carbonyl (C=O) groups is 2. The third-order valence-corrected chi connectivity index (χ3v) is 6.53. The topological polar surface area (TPSA) is 103 Å². The van der Waals surface area contributed by atoms with Gasteiger partial charge in [0.05, 0.1) is 22.2 Å². The number of ether oxygens (including phenoxy) is 1. The van der Waals surface area contributed by atoms with Gasteiger partial charge in [-0.15, -0.1) is 11.3 Å². The lowest BCUT2D eigenvalue weighted by Gasteiger charge is -2.11. The van der Waals surface area contributed by atoms with E-state index in [1.165, 1.54) is 35.6 Å². The molecule has 0 fully saturated rings. The average Bonchev–Trinajstić information content (AvgIpc) is 3.18. The number of fused-ring (bicyclic) bond motifs is 2. The summed E-state index contributed by atoms with van der Waals surface area (Å²) in [6.07, 6.45) is 3.69. The van der Waals surface area contributed by atoms with Gasteiger partial charge in [-0.3, -0.25) is 19.5 Å². The van der Waals surface area contributed by atoms with Crippen LogP contribution in [0.4, 0.5) is 9.52 Å². The molecule has 2 aromatic heterocycles. The van der Waals surface area contributed by atoms with Crippen LogP contribution in [0.3, 0.4) is 0 Å². The van der Waals surface area contributed by atoms with Crippen LogP contribution >= 0.6 is 11.3 Å². The van der Waals surface area contributed by atoms with Crippen LogP contribution in [0.5, 0.6) is 0 Å². The third-order valence-electron chi connectivity index (χ3n) is 5.78. The number of carbonyl (C=O) groups excluding carboxylic acids is 2. The fraction of sp³-hybridized carbons (Fsp3) is 0.240. The highest BCUT2D eigenvalue weighted by molar-refractivity contribution is 7.14. The van der Waals surface area contributed by atoms with Crippen molar-refractivity contribution in [1.82, 2.24) is 14.5 Å². The molecule has 0 radical (unpaired) electrons. The van der Waals surface area contributed by atoms with Crippen molar-refractivity contribution in [3.8, 4) is 11.3 Å². The van der Waals surface area contributed by atoms with E-state index >= 15 is 0 Å². The third kappa shape index (κ3) is 4.97. The molecule has 1 aliphatic rings. The van der Waals surface area contributed by atoms with Crippen molar-refractivity contribution in [1.29, 1.82) is 0 Å². The van der Waals surface area contributed by atoms with Crippen LogP contribution in [0, 0.1) is 5.82 Å². The highest BCUT2D eigenvalue weighted by Crippen LogP contribution is 2.25. The molecule has 0 unspecified atom stereocenters. The van der Waals surface area contributed by atoms with Gasteiger partial charge in [-0.1, -0.05) is 6.42 Å². The molecule has 178 valence electrons. The van der Waals surface area contributed by atoms with Crippen LogP contribution in [-0.2, 0) is 22.5 Å². The first-order chi connectivity index (χ1) is 17.0. The molecule has 0 spiro atoms. The van der Waals surface area contributed by atoms with Crippen LogP contribution in [0.15, 0.2) is 52.6 Å². The standard InChI is InChI=1S/C25H21FN4O4S/c26-17-8-5-15(6-9-17)20-14-35-25(28-20)29-22(31)13-34-24(33)16-7-10-18-19(12-16)27-21-4-2-1-3-11-30(21)23(18)32/h5-10,12,14H,1-4,11,13H2,(H,28,29,31). The quantitative estimate of drug-likeness (QED) is 0.419. The van der Waals surface area contributed by atoms with Crippen molar-refractivity contribution in [2.45, 2.75) is 32.2 Å². The summed E-state index contributed by atoms with van der Waals surface area (Å²) < 4.78 is 20.0. The fourth-order valence-corrected chi connectivity index (χ4v) is 4.74. The summed E-state index contributed by atoms with van der Waals surface area (Å²) in [5.41, 5.74) is 1.87. The Balaban J connectivity index is 1.23. The number of esters is 1. The largest absolute Gasteiger partial charge is 0.452 e. The Labute approximate surface area is 203 Å². The van der Waals surface area contributed by atoms with Crippen molar-refractivity contribution >= 4 is 39.2 Å². The maximum absolute atomic E-state index is 13.1. The van der Waals surface area contributed by atoms with E-state index in [2.05, 4.69) is 15.3 Å². The van der Waals surface area contributed by atoms with E-state index < -0.39 is 18.5 Å². The van der Waals surface area contributed by atoms with Gasteiger partial charge >= 0.3 is 5.97 Å². The molecule has 0 atom stereocenters. The molecule has 0 saturated carbocycles. The minimum Gasteiger partial charge on any atom is -0.452 e. The number of halogens is 1. The molecule has 0 aliphatic carbocycles. The summed E-state index contributed by atoms with van der Waals surface area (Å²) >= 11 is 1.21. The van der Waals surface area contributed by atoms with Gasteiger partial charge in [-0.25, -0.2) is 19.2 Å². The Bertz CT molecular complexity index is 1480. The molecular weight excluding hydrogens is 471 g/mol. The number of anilines is 1. The molecule has 1 N–H and O–H groups in total. The van der Waals surface area contributed by atoms with Gasteiger partial charge in [0.15, 0.2) is 11.7 Å². The van der Waals surface area contributed by atoms with E-state index in [0.717, 1.165) is 37.1 Å². The summed E-state index contributed by atoms with van der Waals surface area (Å²) in [5, 5.41) is 5.11. The van der Waals surface area contributed by atoms with E-state index in [1.54, 1.807) is 28.1 Å². The predicted octanol–water partition coefficient (Wildman–Crippen LogP) is 4.18. The van der Waals surface area contributed by atoms with Gasteiger partial charge < -0.3 is 4.74 Å². The van der Waals surface area contributed by atoms with Gasteiger partial charge in [0.1, 0.15) is 11.6 Å². The molecule has 3 heterocycles. The number of aromatic nitrogens is 3. The average molecular weight is 493 g/mol. The zero-order chi connectivity index (χ0) is 24.4. The maximum Gasteiger partial charge on any atom is 0.338 e. The molecule has 35 heavy (non-hydrogen) atoms. The predicted molar refractivity (Wildman–Crippen MR) is 130 cm³/mol. The number of nitrogens with zero attached hydrogens (tertiary/aromatic N) is 3. The second-order valence-corrected chi connectivity index (χ2v) is 9.05. The van der Waals surface area contributed by atoms with E-state index in [9.17, 15) is 18.8 Å². The Morgan fingerprint density at radius 2 is 1.91 bits per heavy atom. The molecule has 0 bridgehead atoms. The minimum atomic E-state index is -0.690. The number of benzene rings is 2. The summed E-state index contributed by atoms with van der Waals surface area (Å²) in [4.78, 5) is 46.5. The molecule has 1 aliphatic heterocycles. The molecule has 5 rings (SSSR count). The lowest BCUT2D eigenvalue weighted by molar-refractivity contribution is -0.119. The summed E-state index contributed by atoms with van der Waals surface area (Å²) in [7, 11) is 0. The van der Waals surface area contributed by atoms with Crippen molar-refractivity contribution < 1.29 is 18.7 Å². The minimum absolute atomic E-state index is 0.102. The Morgan fingerprint density at radius 3 is 2.74 bits per heavy atom. The number of nitrogens with one attached hydrogen (secondary N) is 1. The molecular formula is C25H21FN4O4S. The van der Waals surface area contributed by atoms with Crippen molar-refractivity contribution in [2.75, 3.05) is 11.9 Å². The van der Waals surface area contributed by atoms with Gasteiger partial charge in [-0.05, 0) is 55.3 Å². The van der Waals surface area contributed by atoms with E-state index in [4.69, 9.17) is 4.74 Å². The molecule has 4 aromatic rings. The van der Waals surface area contributed by atoms with Crippen LogP contribution in [0.1, 0.15) is 35.4 Å². The maximum atomic E-state index is 13.1. The number of amides is 1. The van der Waals surface area contributed by atoms with Crippen molar-refractivity contribution in [3.63, 3.8) is 0 Å². The van der Waals surface area contributed by atoms with Crippen LogP contribution in [-0.4, -0.2) is 33.0 Å². The van der Waals surface area contributed by atoms with Crippen molar-refractivity contribution in [3.05, 3.63) is 75.4 Å². The Morgan fingerprint density at radius 1 is 1.09 bits per heavy atom. The van der Waals surface area contributed by atoms with Gasteiger partial charge in [0, 0.05) is 23.9 Å². The van der Waals surface area contributed by atoms with E-state index in [-0.39, 0.29) is 16.9 Å². The first kappa shape index (κ1) is 22.9. The summed E-state index contributed by atoms with van der Waals surface area (Å²) in [6.45, 7) is 0.156. The van der Waals surface area contributed by atoms with Crippen LogP contribution in [0.2, 0.25) is 0 Å². The highest BCUT2D eigenvalue weighted by atomic mass is 32.1. The molecule has 0 saturated heterocycles. The molecule has 1 amide bonds. The highest BCUT2D eigenvalue weighted by Gasteiger charge is 2.17. The summed E-state index contributed by atoms with van der Waals surface area (Å²) in [5.74, 6) is -0.845. The zero-order valence-corrected chi connectivity index (χ0v) is 19.4. The zero-order valence-electron chi connectivity index (χ0n) is 18.6. The molecule has 2 aromatic carbocycles. The van der Waals surface area contributed by atoms with Gasteiger partial charge in [0.25, 0.3) is 11.5 Å². The molecule has 10 heteroatoms. The monoisotopic (exact) mass is 492 g/mol. The number of aryl methyl sites for hydroxylation is 1. The Hall–Kier alpha value is -3.92. The van der Waals surface area contributed by atoms with Crippen LogP contribution in [0.25, 0.3) is 22.2 Å². The number of thiazole rings is 1. The first-order valence-electron chi connectivity index (χ1n) is 11.2. The lowest BCUT2D eigenvalue weighted by Crippen LogP contribution is -2.25. The van der Waals surface area contributed by atoms with Gasteiger partial charge in [-0.2, -0.15) is 0 Å². The van der Waals surface area contributed by atoms with E-state index in [1.807, 2.05) is 0 Å². The smallest absolute Gasteiger partial charge is 0.338 e. The number of hydrogen-bond acceptors (Lipinski definition) is 7. The lowest BCUT2D eigenvalue weighted by atomic mass is 10.1. The van der Waals surface area contributed by atoms with E-state index in [0.29, 0.717) is 28.3 Å². The normalized spacial score (nSPS) is 13.2. The van der Waals surface area contributed by atoms with Crippen LogP contribution < -0.4 is 10.9 Å². The second-order valence-electron chi connectivity index (χ2n) is 8.20. The second kappa shape index (κ2) is 9.75.